The molecule has 1 aliphatic carbocycles. The summed E-state index contributed by atoms with van der Waals surface area (Å²) in [7, 11) is -1.50. The minimum absolute atomic E-state index is 0.0682. The number of rotatable bonds is 8. The second kappa shape index (κ2) is 9.19. The third kappa shape index (κ3) is 6.42. The van der Waals surface area contributed by atoms with Crippen LogP contribution >= 0.6 is 0 Å². The van der Waals surface area contributed by atoms with E-state index in [1.807, 2.05) is 0 Å². The van der Waals surface area contributed by atoms with Gasteiger partial charge in [0.15, 0.2) is 5.96 Å². The van der Waals surface area contributed by atoms with Gasteiger partial charge in [0, 0.05) is 45.3 Å². The lowest BCUT2D eigenvalue weighted by molar-refractivity contribution is 0.265. The van der Waals surface area contributed by atoms with Gasteiger partial charge in [-0.25, -0.2) is 13.1 Å². The topological polar surface area (TPSA) is 85.8 Å². The fourth-order valence-electron chi connectivity index (χ4n) is 3.30. The molecule has 2 fully saturated rings. The Morgan fingerprint density at radius 3 is 2.52 bits per heavy atom. The third-order valence-electron chi connectivity index (χ3n) is 5.40. The maximum atomic E-state index is 12.0. The Balaban J connectivity index is 1.71. The first-order valence-electron chi connectivity index (χ1n) is 9.49. The summed E-state index contributed by atoms with van der Waals surface area (Å²) < 4.78 is 26.8. The number of nitrogens with one attached hydrogen (secondary N) is 3. The Bertz CT molecular complexity index is 545. The van der Waals surface area contributed by atoms with Crippen molar-refractivity contribution in [2.24, 2.45) is 16.8 Å². The molecule has 1 heterocycles. The summed E-state index contributed by atoms with van der Waals surface area (Å²) in [5, 5.41) is 6.57. The van der Waals surface area contributed by atoms with Gasteiger partial charge in [0.05, 0.1) is 5.75 Å². The second-order valence-electron chi connectivity index (χ2n) is 7.74. The number of likely N-dealkylation sites (tertiary alicyclic amines) is 1. The van der Waals surface area contributed by atoms with Crippen molar-refractivity contribution in [3.05, 3.63) is 0 Å². The Hall–Kier alpha value is -0.860. The van der Waals surface area contributed by atoms with Gasteiger partial charge in [-0.2, -0.15) is 0 Å². The number of hydrogen-bond donors (Lipinski definition) is 3. The lowest BCUT2D eigenvalue weighted by Gasteiger charge is -2.25. The largest absolute Gasteiger partial charge is 0.355 e. The van der Waals surface area contributed by atoms with Gasteiger partial charge in [0.25, 0.3) is 0 Å². The molecule has 3 N–H and O–H groups in total. The molecule has 0 spiro atoms. The average molecular weight is 374 g/mol. The lowest BCUT2D eigenvalue weighted by atomic mass is 9.86. The van der Waals surface area contributed by atoms with E-state index in [4.69, 9.17) is 0 Å². The van der Waals surface area contributed by atoms with Gasteiger partial charge < -0.3 is 10.6 Å². The maximum Gasteiger partial charge on any atom is 0.213 e. The summed E-state index contributed by atoms with van der Waals surface area (Å²) in [6.45, 7) is 9.66. The van der Waals surface area contributed by atoms with Crippen LogP contribution in [0.5, 0.6) is 0 Å². The van der Waals surface area contributed by atoms with Crippen LogP contribution in [0, 0.1) is 11.8 Å². The number of nitrogens with zero attached hydrogens (tertiary/aromatic N) is 2. The highest BCUT2D eigenvalue weighted by atomic mass is 32.2. The van der Waals surface area contributed by atoms with Crippen LogP contribution in [-0.4, -0.2) is 70.3 Å². The lowest BCUT2D eigenvalue weighted by Crippen LogP contribution is -2.48. The Labute approximate surface area is 153 Å². The van der Waals surface area contributed by atoms with Crippen LogP contribution in [0.3, 0.4) is 0 Å². The van der Waals surface area contributed by atoms with Crippen LogP contribution in [0.25, 0.3) is 0 Å². The first-order chi connectivity index (χ1) is 11.8. The molecule has 25 heavy (non-hydrogen) atoms. The van der Waals surface area contributed by atoms with E-state index in [-0.39, 0.29) is 5.75 Å². The van der Waals surface area contributed by atoms with E-state index in [0.717, 1.165) is 25.9 Å². The van der Waals surface area contributed by atoms with Crippen molar-refractivity contribution < 1.29 is 8.42 Å². The molecule has 2 unspecified atom stereocenters. The summed E-state index contributed by atoms with van der Waals surface area (Å²) in [6.07, 6.45) is 3.51. The van der Waals surface area contributed by atoms with Crippen LogP contribution in [0.2, 0.25) is 0 Å². The van der Waals surface area contributed by atoms with Crippen molar-refractivity contribution in [1.82, 2.24) is 20.3 Å². The molecule has 8 heteroatoms. The monoisotopic (exact) mass is 373 g/mol. The molecule has 0 aromatic carbocycles. The molecule has 0 aromatic heterocycles. The summed E-state index contributed by atoms with van der Waals surface area (Å²) in [5.41, 5.74) is 0. The quantitative estimate of drug-likeness (QED) is 0.428. The fourth-order valence-corrected chi connectivity index (χ4v) is 4.31. The van der Waals surface area contributed by atoms with Crippen molar-refractivity contribution in [1.29, 1.82) is 0 Å². The number of sulfonamides is 1. The summed E-state index contributed by atoms with van der Waals surface area (Å²) in [6, 6.07) is 0.873. The molecule has 2 atom stereocenters. The predicted octanol–water partition coefficient (Wildman–Crippen LogP) is 0.600. The van der Waals surface area contributed by atoms with E-state index < -0.39 is 10.0 Å². The van der Waals surface area contributed by atoms with Crippen molar-refractivity contribution >= 4 is 16.0 Å². The van der Waals surface area contributed by atoms with Crippen molar-refractivity contribution in [2.45, 2.75) is 52.1 Å². The molecule has 0 radical (unpaired) electrons. The molecule has 0 bridgehead atoms. The summed E-state index contributed by atoms with van der Waals surface area (Å²) in [5.74, 6) is 1.81. The van der Waals surface area contributed by atoms with Gasteiger partial charge >= 0.3 is 0 Å². The van der Waals surface area contributed by atoms with E-state index in [0.29, 0.717) is 43.0 Å². The molecule has 1 saturated heterocycles. The van der Waals surface area contributed by atoms with Crippen LogP contribution in [-0.2, 0) is 10.0 Å². The number of aliphatic imine (C=N–C) groups is 1. The number of guanidine groups is 1. The van der Waals surface area contributed by atoms with Gasteiger partial charge in [0.1, 0.15) is 0 Å². The Kier molecular flexibility index (Phi) is 7.51. The van der Waals surface area contributed by atoms with Gasteiger partial charge in [-0.3, -0.25) is 9.89 Å². The molecule has 1 aliphatic heterocycles. The summed E-state index contributed by atoms with van der Waals surface area (Å²) in [4.78, 5) is 6.68. The van der Waals surface area contributed by atoms with Crippen molar-refractivity contribution in [3.8, 4) is 0 Å². The highest BCUT2D eigenvalue weighted by molar-refractivity contribution is 7.89. The molecule has 2 aliphatic rings. The molecule has 0 aromatic rings. The smallest absolute Gasteiger partial charge is 0.213 e. The van der Waals surface area contributed by atoms with Crippen LogP contribution in [0.15, 0.2) is 4.99 Å². The van der Waals surface area contributed by atoms with Crippen LogP contribution in [0.1, 0.15) is 40.0 Å². The normalized spacial score (nSPS) is 26.0. The third-order valence-corrected chi connectivity index (χ3v) is 6.74. The SMILES string of the molecule is CN=C(NCCS(=O)(=O)NCC1CCC1)NC1CN(C(C)C)CC1C. The first kappa shape index (κ1) is 20.5. The molecular formula is C17H35N5O2S. The summed E-state index contributed by atoms with van der Waals surface area (Å²) >= 11 is 0. The minimum Gasteiger partial charge on any atom is -0.355 e. The van der Waals surface area contributed by atoms with Crippen LogP contribution in [0.4, 0.5) is 0 Å². The fraction of sp³-hybridized carbons (Fsp3) is 0.941. The van der Waals surface area contributed by atoms with E-state index in [1.54, 1.807) is 7.05 Å². The molecule has 2 rings (SSSR count). The number of hydrogen-bond acceptors (Lipinski definition) is 4. The standard InChI is InChI=1S/C17H35N5O2S/c1-13(2)22-11-14(3)16(12-22)21-17(18-4)19-8-9-25(23,24)20-10-15-6-5-7-15/h13-16,20H,5-12H2,1-4H3,(H2,18,19,21). The van der Waals surface area contributed by atoms with Crippen molar-refractivity contribution in [2.75, 3.05) is 39.0 Å². The zero-order valence-corrected chi connectivity index (χ0v) is 16.9. The molecule has 7 nitrogen and oxygen atoms in total. The maximum absolute atomic E-state index is 12.0. The van der Waals surface area contributed by atoms with Crippen LogP contribution < -0.4 is 15.4 Å². The predicted molar refractivity (Wildman–Crippen MR) is 103 cm³/mol. The second-order valence-corrected chi connectivity index (χ2v) is 9.67. The zero-order chi connectivity index (χ0) is 18.4. The molecule has 0 amide bonds. The van der Waals surface area contributed by atoms with E-state index in [2.05, 4.69) is 46.0 Å². The highest BCUT2D eigenvalue weighted by Gasteiger charge is 2.31. The average Bonchev–Trinajstić information content (AvgIpc) is 2.85. The van der Waals surface area contributed by atoms with Crippen molar-refractivity contribution in [3.63, 3.8) is 0 Å². The molecular weight excluding hydrogens is 338 g/mol. The molecule has 1 saturated carbocycles. The highest BCUT2D eigenvalue weighted by Crippen LogP contribution is 2.25. The van der Waals surface area contributed by atoms with Gasteiger partial charge in [-0.05, 0) is 38.5 Å². The van der Waals surface area contributed by atoms with Gasteiger partial charge in [0.2, 0.25) is 10.0 Å². The minimum atomic E-state index is -3.22. The van der Waals surface area contributed by atoms with E-state index in [9.17, 15) is 8.42 Å². The van der Waals surface area contributed by atoms with E-state index in [1.165, 1.54) is 6.42 Å². The van der Waals surface area contributed by atoms with Gasteiger partial charge in [-0.1, -0.05) is 13.3 Å². The Morgan fingerprint density at radius 2 is 2.00 bits per heavy atom. The van der Waals surface area contributed by atoms with Gasteiger partial charge in [-0.15, -0.1) is 0 Å². The Morgan fingerprint density at radius 1 is 1.28 bits per heavy atom. The van der Waals surface area contributed by atoms with E-state index >= 15 is 0 Å². The molecule has 146 valence electrons. The zero-order valence-electron chi connectivity index (χ0n) is 16.1. The first-order valence-corrected chi connectivity index (χ1v) is 11.1.